The fourth-order valence-electron chi connectivity index (χ4n) is 8.67. The van der Waals surface area contributed by atoms with E-state index in [2.05, 4.69) is 193 Å². The van der Waals surface area contributed by atoms with Crippen molar-refractivity contribution >= 4 is 75.0 Å². The fourth-order valence-corrected chi connectivity index (χ4v) is 9.92. The zero-order chi connectivity index (χ0) is 38.2. The molecule has 0 N–H and O–H groups in total. The van der Waals surface area contributed by atoms with Crippen LogP contribution in [0, 0.1) is 0 Å². The van der Waals surface area contributed by atoms with Gasteiger partial charge >= 0.3 is 0 Å². The van der Waals surface area contributed by atoms with E-state index in [1.54, 1.807) is 0 Å². The van der Waals surface area contributed by atoms with Crippen LogP contribution < -0.4 is 0 Å². The van der Waals surface area contributed by atoms with Crippen LogP contribution in [-0.4, -0.2) is 19.5 Å². The molecule has 0 atom stereocenters. The summed E-state index contributed by atoms with van der Waals surface area (Å²) in [6, 6.07) is 68.8. The quantitative estimate of drug-likeness (QED) is 0.164. The first kappa shape index (κ1) is 32.7. The molecule has 0 radical (unpaired) electrons. The summed E-state index contributed by atoms with van der Waals surface area (Å²) >= 11 is 1.87. The van der Waals surface area contributed by atoms with Crippen LogP contribution in [0.25, 0.3) is 115 Å². The van der Waals surface area contributed by atoms with Gasteiger partial charge in [-0.25, -0.2) is 15.0 Å². The van der Waals surface area contributed by atoms with E-state index in [0.717, 1.165) is 55.9 Å². The summed E-state index contributed by atoms with van der Waals surface area (Å²) in [5, 5.41) is 8.55. The predicted octanol–water partition coefficient (Wildman–Crippen LogP) is 14.3. The molecule has 12 aromatic rings. The monoisotopic (exact) mass is 756 g/mol. The first-order valence-corrected chi connectivity index (χ1v) is 20.3. The van der Waals surface area contributed by atoms with E-state index in [0.29, 0.717) is 5.95 Å². The van der Waals surface area contributed by atoms with Crippen molar-refractivity contribution in [1.82, 2.24) is 19.5 Å². The molecule has 4 aromatic heterocycles. The summed E-state index contributed by atoms with van der Waals surface area (Å²) in [5.41, 5.74) is 11.5. The van der Waals surface area contributed by atoms with Gasteiger partial charge in [0.1, 0.15) is 0 Å². The Bertz CT molecular complexity index is 3500. The van der Waals surface area contributed by atoms with Crippen molar-refractivity contribution in [3.05, 3.63) is 194 Å². The number of thiophene rings is 1. The first-order valence-electron chi connectivity index (χ1n) is 19.5. The molecule has 8 aromatic carbocycles. The minimum absolute atomic E-state index is 0.652. The lowest BCUT2D eigenvalue weighted by Gasteiger charge is -2.12. The third kappa shape index (κ3) is 5.18. The zero-order valence-corrected chi connectivity index (χ0v) is 32.0. The predicted molar refractivity (Wildman–Crippen MR) is 244 cm³/mol. The second-order valence-electron chi connectivity index (χ2n) is 14.8. The Kier molecular flexibility index (Phi) is 7.37. The van der Waals surface area contributed by atoms with Crippen molar-refractivity contribution in [1.29, 1.82) is 0 Å². The van der Waals surface area contributed by atoms with Gasteiger partial charge in [-0.3, -0.25) is 4.57 Å². The van der Waals surface area contributed by atoms with Gasteiger partial charge in [0, 0.05) is 63.8 Å². The standard InChI is InChI=1S/C53H32N4S/c1-3-13-34(14-4-1)45-32-46(56-53(55-45)57-47-21-11-8-17-38(47)39-18-9-12-22-48(39)57)35-25-23-33(24-26-35)37-27-30-49-43(31-37)40-28-29-42-50(52(40)58-49)41-19-7-10-20-44(41)54-51(42)36-15-5-2-6-16-36/h1-32H. The Labute approximate surface area is 338 Å². The molecule has 0 unspecified atom stereocenters. The maximum absolute atomic E-state index is 5.26. The third-order valence-corrected chi connectivity index (χ3v) is 12.6. The fraction of sp³-hybridized carbons (Fsp3) is 0. The number of fused-ring (bicyclic) bond motifs is 10. The summed E-state index contributed by atoms with van der Waals surface area (Å²) in [4.78, 5) is 15.6. The number of aromatic nitrogens is 4. The Morgan fingerprint density at radius 3 is 1.62 bits per heavy atom. The molecule has 0 amide bonds. The third-order valence-electron chi connectivity index (χ3n) is 11.4. The van der Waals surface area contributed by atoms with Crippen LogP contribution in [0.3, 0.4) is 0 Å². The summed E-state index contributed by atoms with van der Waals surface area (Å²) < 4.78 is 4.77. The summed E-state index contributed by atoms with van der Waals surface area (Å²) in [6.07, 6.45) is 0. The molecule has 4 heterocycles. The van der Waals surface area contributed by atoms with Crippen LogP contribution in [-0.2, 0) is 0 Å². The molecule has 12 rings (SSSR count). The van der Waals surface area contributed by atoms with Gasteiger partial charge in [-0.05, 0) is 47.5 Å². The van der Waals surface area contributed by atoms with Crippen LogP contribution in [0.5, 0.6) is 0 Å². The molecule has 0 aliphatic heterocycles. The summed E-state index contributed by atoms with van der Waals surface area (Å²) in [7, 11) is 0. The smallest absolute Gasteiger partial charge is 0.235 e. The van der Waals surface area contributed by atoms with Crippen LogP contribution in [0.1, 0.15) is 0 Å². The number of nitrogens with zero attached hydrogens (tertiary/aromatic N) is 4. The average Bonchev–Trinajstić information content (AvgIpc) is 3.85. The van der Waals surface area contributed by atoms with E-state index in [9.17, 15) is 0 Å². The van der Waals surface area contributed by atoms with Gasteiger partial charge in [-0.1, -0.05) is 158 Å². The van der Waals surface area contributed by atoms with Crippen molar-refractivity contribution < 1.29 is 0 Å². The molecule has 0 aliphatic carbocycles. The van der Waals surface area contributed by atoms with Crippen LogP contribution in [0.15, 0.2) is 194 Å². The van der Waals surface area contributed by atoms with Crippen molar-refractivity contribution in [2.45, 2.75) is 0 Å². The van der Waals surface area contributed by atoms with E-state index in [-0.39, 0.29) is 0 Å². The summed E-state index contributed by atoms with van der Waals surface area (Å²) in [6.45, 7) is 0. The Hall–Kier alpha value is -7.47. The zero-order valence-electron chi connectivity index (χ0n) is 31.2. The second kappa shape index (κ2) is 13.1. The lowest BCUT2D eigenvalue weighted by atomic mass is 9.97. The molecule has 0 bridgehead atoms. The molecule has 0 saturated carbocycles. The average molecular weight is 757 g/mol. The van der Waals surface area contributed by atoms with Gasteiger partial charge in [0.05, 0.1) is 33.6 Å². The number of hydrogen-bond donors (Lipinski definition) is 0. The molecule has 0 spiro atoms. The van der Waals surface area contributed by atoms with Crippen molar-refractivity contribution in [3.63, 3.8) is 0 Å². The van der Waals surface area contributed by atoms with E-state index in [4.69, 9.17) is 15.0 Å². The molecule has 4 nitrogen and oxygen atoms in total. The highest BCUT2D eigenvalue weighted by Crippen LogP contribution is 2.44. The number of benzene rings is 8. The molecular weight excluding hydrogens is 725 g/mol. The van der Waals surface area contributed by atoms with E-state index >= 15 is 0 Å². The normalized spacial score (nSPS) is 11.8. The Morgan fingerprint density at radius 2 is 0.914 bits per heavy atom. The minimum atomic E-state index is 0.652. The lowest BCUT2D eigenvalue weighted by Crippen LogP contribution is -2.03. The SMILES string of the molecule is c1ccc(-c2cc(-c3ccc(-c4ccc5sc6c(ccc7c(-c8ccccc8)nc8ccccc8c76)c5c4)cc3)nc(-n3c4ccccc4c4ccccc43)n2)cc1. The van der Waals surface area contributed by atoms with E-state index < -0.39 is 0 Å². The number of rotatable bonds is 5. The maximum atomic E-state index is 5.26. The highest BCUT2D eigenvalue weighted by Gasteiger charge is 2.19. The molecule has 270 valence electrons. The van der Waals surface area contributed by atoms with E-state index in [1.165, 1.54) is 52.7 Å². The van der Waals surface area contributed by atoms with Gasteiger partial charge < -0.3 is 0 Å². The first-order chi connectivity index (χ1) is 28.7. The maximum Gasteiger partial charge on any atom is 0.235 e. The molecule has 0 aliphatic rings. The highest BCUT2D eigenvalue weighted by molar-refractivity contribution is 7.26. The molecule has 0 fully saturated rings. The largest absolute Gasteiger partial charge is 0.278 e. The highest BCUT2D eigenvalue weighted by atomic mass is 32.1. The summed E-state index contributed by atoms with van der Waals surface area (Å²) in [5.74, 6) is 0.652. The van der Waals surface area contributed by atoms with Gasteiger partial charge in [-0.15, -0.1) is 11.3 Å². The lowest BCUT2D eigenvalue weighted by molar-refractivity contribution is 0.995. The van der Waals surface area contributed by atoms with Crippen molar-refractivity contribution in [2.24, 2.45) is 0 Å². The minimum Gasteiger partial charge on any atom is -0.278 e. The molecule has 0 saturated heterocycles. The topological polar surface area (TPSA) is 43.6 Å². The second-order valence-corrected chi connectivity index (χ2v) is 15.8. The van der Waals surface area contributed by atoms with Crippen LogP contribution >= 0.6 is 11.3 Å². The number of para-hydroxylation sites is 3. The van der Waals surface area contributed by atoms with Crippen molar-refractivity contribution in [2.75, 3.05) is 0 Å². The molecular formula is C53H32N4S. The van der Waals surface area contributed by atoms with Crippen molar-refractivity contribution in [3.8, 4) is 50.8 Å². The van der Waals surface area contributed by atoms with Crippen LogP contribution in [0.2, 0.25) is 0 Å². The molecule has 5 heteroatoms. The van der Waals surface area contributed by atoms with Gasteiger partial charge in [0.15, 0.2) is 0 Å². The Morgan fingerprint density at radius 1 is 0.362 bits per heavy atom. The van der Waals surface area contributed by atoms with Gasteiger partial charge in [0.25, 0.3) is 0 Å². The molecule has 58 heavy (non-hydrogen) atoms. The van der Waals surface area contributed by atoms with Crippen LogP contribution in [0.4, 0.5) is 0 Å². The Balaban J connectivity index is 0.981. The van der Waals surface area contributed by atoms with Gasteiger partial charge in [-0.2, -0.15) is 0 Å². The van der Waals surface area contributed by atoms with Gasteiger partial charge in [0.2, 0.25) is 5.95 Å². The number of pyridine rings is 1. The van der Waals surface area contributed by atoms with E-state index in [1.807, 2.05) is 17.4 Å². The number of hydrogen-bond acceptors (Lipinski definition) is 4.